The Balaban J connectivity index is 2.17. The minimum Gasteiger partial charge on any atom is -0.481 e. The topological polar surface area (TPSA) is 89.9 Å². The predicted octanol–water partition coefficient (Wildman–Crippen LogP) is -0.186. The first-order valence-electron chi connectivity index (χ1n) is 6.32. The number of nitrogens with one attached hydrogen (secondary N) is 1. The molecule has 0 radical (unpaired) electrons. The molecule has 0 aromatic heterocycles. The number of carbonyl (C=O) groups excluding carboxylic acids is 1. The fourth-order valence-electron chi connectivity index (χ4n) is 2.18. The highest BCUT2D eigenvalue weighted by atomic mass is 16.4. The van der Waals surface area contributed by atoms with Crippen LogP contribution in [0, 0.1) is 0 Å². The maximum absolute atomic E-state index is 11.6. The second kappa shape index (κ2) is 6.70. The monoisotopic (exact) mass is 258 g/mol. The molecule has 1 fully saturated rings. The predicted molar refractivity (Wildman–Crippen MR) is 66.2 cm³/mol. The van der Waals surface area contributed by atoms with Crippen molar-refractivity contribution in [2.75, 3.05) is 26.2 Å². The summed E-state index contributed by atoms with van der Waals surface area (Å²) in [6.07, 6.45) is 2.17. The van der Waals surface area contributed by atoms with Crippen molar-refractivity contribution in [2.45, 2.75) is 38.2 Å². The van der Waals surface area contributed by atoms with Gasteiger partial charge in [0.2, 0.25) is 5.91 Å². The normalized spacial score (nSPS) is 24.8. The van der Waals surface area contributed by atoms with Crippen LogP contribution in [-0.2, 0) is 9.59 Å². The number of nitrogens with zero attached hydrogens (tertiary/aromatic N) is 1. The minimum absolute atomic E-state index is 0.0682. The third-order valence-corrected chi connectivity index (χ3v) is 3.01. The Kier molecular flexibility index (Phi) is 5.55. The summed E-state index contributed by atoms with van der Waals surface area (Å²) in [5.41, 5.74) is -0.707. The van der Waals surface area contributed by atoms with Crippen molar-refractivity contribution in [1.82, 2.24) is 10.2 Å². The van der Waals surface area contributed by atoms with E-state index in [1.807, 2.05) is 4.90 Å². The Morgan fingerprint density at radius 3 is 2.78 bits per heavy atom. The standard InChI is InChI=1S/C12H22N2O4/c1-12(18)5-3-7-14(9-12)8-10(15)13-6-2-4-11(16)17/h18H,2-9H2,1H3,(H,13,15)(H,16,17). The van der Waals surface area contributed by atoms with E-state index in [4.69, 9.17) is 5.11 Å². The molecule has 0 bridgehead atoms. The summed E-state index contributed by atoms with van der Waals surface area (Å²) in [7, 11) is 0. The van der Waals surface area contributed by atoms with Gasteiger partial charge in [-0.2, -0.15) is 0 Å². The Morgan fingerprint density at radius 1 is 1.44 bits per heavy atom. The zero-order chi connectivity index (χ0) is 13.6. The first kappa shape index (κ1) is 14.9. The number of likely N-dealkylation sites (tertiary alicyclic amines) is 1. The van der Waals surface area contributed by atoms with E-state index in [1.54, 1.807) is 6.92 Å². The van der Waals surface area contributed by atoms with Crippen LogP contribution in [0.2, 0.25) is 0 Å². The molecule has 6 nitrogen and oxygen atoms in total. The van der Waals surface area contributed by atoms with E-state index in [0.717, 1.165) is 19.4 Å². The van der Waals surface area contributed by atoms with Crippen molar-refractivity contribution >= 4 is 11.9 Å². The van der Waals surface area contributed by atoms with E-state index in [1.165, 1.54) is 0 Å². The van der Waals surface area contributed by atoms with Gasteiger partial charge in [-0.25, -0.2) is 0 Å². The SMILES string of the molecule is CC1(O)CCCN(CC(=O)NCCCC(=O)O)C1. The van der Waals surface area contributed by atoms with Gasteiger partial charge in [0.15, 0.2) is 0 Å². The first-order valence-corrected chi connectivity index (χ1v) is 6.32. The summed E-state index contributed by atoms with van der Waals surface area (Å²) in [5.74, 6) is -0.964. The fourth-order valence-corrected chi connectivity index (χ4v) is 2.18. The number of β-amino-alcohol motifs (C(OH)–C–C–N with tert-alkyl or cyclic N) is 1. The summed E-state index contributed by atoms with van der Waals surface area (Å²) >= 11 is 0. The fraction of sp³-hybridized carbons (Fsp3) is 0.833. The highest BCUT2D eigenvalue weighted by Gasteiger charge is 2.28. The lowest BCUT2D eigenvalue weighted by molar-refractivity contribution is -0.137. The quantitative estimate of drug-likeness (QED) is 0.575. The van der Waals surface area contributed by atoms with Gasteiger partial charge in [0.25, 0.3) is 0 Å². The van der Waals surface area contributed by atoms with Gasteiger partial charge in [-0.05, 0) is 32.7 Å². The molecular formula is C12H22N2O4. The van der Waals surface area contributed by atoms with Gasteiger partial charge in [-0.3, -0.25) is 14.5 Å². The molecule has 1 unspecified atom stereocenters. The van der Waals surface area contributed by atoms with Crippen molar-refractivity contribution in [1.29, 1.82) is 0 Å². The highest BCUT2D eigenvalue weighted by molar-refractivity contribution is 5.78. The largest absolute Gasteiger partial charge is 0.481 e. The Hall–Kier alpha value is -1.14. The molecule has 6 heteroatoms. The van der Waals surface area contributed by atoms with Gasteiger partial charge in [-0.1, -0.05) is 0 Å². The van der Waals surface area contributed by atoms with Crippen molar-refractivity contribution in [3.05, 3.63) is 0 Å². The minimum atomic E-state index is -0.851. The number of piperidine rings is 1. The molecule has 0 spiro atoms. The Morgan fingerprint density at radius 2 is 2.17 bits per heavy atom. The second-order valence-electron chi connectivity index (χ2n) is 5.16. The van der Waals surface area contributed by atoms with Crippen molar-refractivity contribution in [3.8, 4) is 0 Å². The van der Waals surface area contributed by atoms with E-state index < -0.39 is 11.6 Å². The maximum atomic E-state index is 11.6. The van der Waals surface area contributed by atoms with E-state index in [9.17, 15) is 14.7 Å². The molecule has 104 valence electrons. The lowest BCUT2D eigenvalue weighted by Gasteiger charge is -2.36. The van der Waals surface area contributed by atoms with Crippen molar-refractivity contribution in [2.24, 2.45) is 0 Å². The smallest absolute Gasteiger partial charge is 0.303 e. The summed E-state index contributed by atoms with van der Waals surface area (Å²) in [6, 6.07) is 0. The number of hydrogen-bond acceptors (Lipinski definition) is 4. The van der Waals surface area contributed by atoms with Gasteiger partial charge >= 0.3 is 5.97 Å². The van der Waals surface area contributed by atoms with Crippen LogP contribution in [0.25, 0.3) is 0 Å². The van der Waals surface area contributed by atoms with E-state index in [0.29, 0.717) is 19.5 Å². The first-order chi connectivity index (χ1) is 8.39. The number of aliphatic carboxylic acids is 1. The summed E-state index contributed by atoms with van der Waals surface area (Å²) in [4.78, 5) is 23.8. The lowest BCUT2D eigenvalue weighted by Crippen LogP contribution is -2.49. The average Bonchev–Trinajstić information content (AvgIpc) is 2.22. The number of carboxylic acids is 1. The summed E-state index contributed by atoms with van der Waals surface area (Å²) in [6.45, 7) is 3.76. The number of aliphatic hydroxyl groups is 1. The van der Waals surface area contributed by atoms with Crippen LogP contribution in [0.5, 0.6) is 0 Å². The molecule has 1 saturated heterocycles. The summed E-state index contributed by atoms with van der Waals surface area (Å²) in [5, 5.41) is 21.0. The number of amides is 1. The van der Waals surface area contributed by atoms with Gasteiger partial charge in [0, 0.05) is 19.5 Å². The zero-order valence-electron chi connectivity index (χ0n) is 10.8. The van der Waals surface area contributed by atoms with Crippen LogP contribution in [0.3, 0.4) is 0 Å². The molecule has 1 aliphatic heterocycles. The molecule has 0 aromatic rings. The molecule has 1 amide bonds. The van der Waals surface area contributed by atoms with Crippen LogP contribution in [0.1, 0.15) is 32.6 Å². The van der Waals surface area contributed by atoms with Gasteiger partial charge in [-0.15, -0.1) is 0 Å². The van der Waals surface area contributed by atoms with Gasteiger partial charge in [0.1, 0.15) is 0 Å². The lowest BCUT2D eigenvalue weighted by atomic mass is 9.95. The molecule has 18 heavy (non-hydrogen) atoms. The molecular weight excluding hydrogens is 236 g/mol. The molecule has 1 atom stereocenters. The van der Waals surface area contributed by atoms with Crippen LogP contribution in [0.15, 0.2) is 0 Å². The van der Waals surface area contributed by atoms with Gasteiger partial charge in [0.05, 0.1) is 12.1 Å². The van der Waals surface area contributed by atoms with Crippen LogP contribution >= 0.6 is 0 Å². The number of rotatable bonds is 6. The van der Waals surface area contributed by atoms with Crippen LogP contribution < -0.4 is 5.32 Å². The zero-order valence-corrected chi connectivity index (χ0v) is 10.8. The molecule has 1 heterocycles. The van der Waals surface area contributed by atoms with Crippen LogP contribution in [0.4, 0.5) is 0 Å². The number of carboxylic acid groups (broad SMARTS) is 1. The average molecular weight is 258 g/mol. The van der Waals surface area contributed by atoms with Crippen LogP contribution in [-0.4, -0.2) is 58.8 Å². The van der Waals surface area contributed by atoms with E-state index in [-0.39, 0.29) is 18.9 Å². The Labute approximate surface area is 107 Å². The van der Waals surface area contributed by atoms with Crippen molar-refractivity contribution < 1.29 is 19.8 Å². The molecule has 3 N–H and O–H groups in total. The second-order valence-corrected chi connectivity index (χ2v) is 5.16. The molecule has 1 rings (SSSR count). The third kappa shape index (κ3) is 5.97. The van der Waals surface area contributed by atoms with E-state index in [2.05, 4.69) is 5.32 Å². The highest BCUT2D eigenvalue weighted by Crippen LogP contribution is 2.19. The maximum Gasteiger partial charge on any atom is 0.303 e. The van der Waals surface area contributed by atoms with Gasteiger partial charge < -0.3 is 15.5 Å². The number of carbonyl (C=O) groups is 2. The molecule has 0 aliphatic carbocycles. The van der Waals surface area contributed by atoms with E-state index >= 15 is 0 Å². The third-order valence-electron chi connectivity index (χ3n) is 3.01. The number of hydrogen-bond donors (Lipinski definition) is 3. The summed E-state index contributed by atoms with van der Waals surface area (Å²) < 4.78 is 0. The molecule has 1 aliphatic rings. The van der Waals surface area contributed by atoms with Crippen molar-refractivity contribution in [3.63, 3.8) is 0 Å². The molecule has 0 saturated carbocycles. The Bertz CT molecular complexity index is 304. The molecule has 0 aromatic carbocycles.